The molecule has 3 rings (SSSR count). The zero-order valence-electron chi connectivity index (χ0n) is 36.4. The van der Waals surface area contributed by atoms with Gasteiger partial charge in [-0.25, -0.2) is 0 Å². The van der Waals surface area contributed by atoms with Crippen LogP contribution in [0.4, 0.5) is 0 Å². The Morgan fingerprint density at radius 2 is 1.47 bits per heavy atom. The number of hydrogen-bond acceptors (Lipinski definition) is 7. The largest absolute Gasteiger partial charge is 0.379 e. The average Bonchev–Trinajstić information content (AvgIpc) is 3.69. The summed E-state index contributed by atoms with van der Waals surface area (Å²) in [4.78, 5) is 59.3. The Kier molecular flexibility index (Phi) is 19.4. The van der Waals surface area contributed by atoms with Gasteiger partial charge in [-0.15, -0.1) is 0 Å². The van der Waals surface area contributed by atoms with Crippen LogP contribution in [0, 0.1) is 23.7 Å². The molecule has 0 spiro atoms. The number of likely N-dealkylation sites (N-methyl/N-ethyl adjacent to an activating group) is 2. The summed E-state index contributed by atoms with van der Waals surface area (Å²) in [7, 11) is 6.67. The van der Waals surface area contributed by atoms with Crippen LogP contribution in [-0.4, -0.2) is 111 Å². The smallest absolute Gasteiger partial charge is 0.245 e. The summed E-state index contributed by atoms with van der Waals surface area (Å²) < 4.78 is 12.1. The number of amides is 4. The highest BCUT2D eigenvalue weighted by Gasteiger charge is 2.43. The number of hydrogen-bond donors (Lipinski definition) is 3. The van der Waals surface area contributed by atoms with E-state index in [1.807, 2.05) is 100 Å². The number of nitrogens with zero attached hydrogens (tertiary/aromatic N) is 2. The van der Waals surface area contributed by atoms with Crippen LogP contribution in [0.5, 0.6) is 0 Å². The zero-order chi connectivity index (χ0) is 42.2. The molecule has 57 heavy (non-hydrogen) atoms. The van der Waals surface area contributed by atoms with E-state index in [1.54, 1.807) is 33.2 Å². The lowest BCUT2D eigenvalue weighted by atomic mass is 9.89. The lowest BCUT2D eigenvalue weighted by molar-refractivity contribution is -0.147. The van der Waals surface area contributed by atoms with E-state index in [4.69, 9.17) is 9.47 Å². The van der Waals surface area contributed by atoms with Crippen LogP contribution in [0.25, 0.3) is 6.08 Å². The standard InChI is InChI=1S/C46H71N5O6/c1-12-32(6)42(50(9)46(55)41(31(4)5)49-45(54)40(47-8)30(2)3)38(56-10)29-39(52)51-27-19-24-37(51)43(57-11)33(7)44(53)48-36(28-35-22-17-14-18-23-35)26-25-34-20-15-13-16-21-34/h13-18,20-23,25-26,30-33,36-38,40-43,47H,12,19,24,27-29H2,1-11H3,(H,48,53)(H,49,54)/b26-25+/t32-,33+,36?,37-,38+,40-,41-,42-,43+/m0/s1. The quantitative estimate of drug-likeness (QED) is 0.139. The van der Waals surface area contributed by atoms with E-state index >= 15 is 0 Å². The Labute approximate surface area is 342 Å². The minimum Gasteiger partial charge on any atom is -0.379 e. The maximum absolute atomic E-state index is 14.3. The number of ether oxygens (including phenoxy) is 2. The molecule has 9 atom stereocenters. The highest BCUT2D eigenvalue weighted by Crippen LogP contribution is 2.30. The number of rotatable bonds is 22. The summed E-state index contributed by atoms with van der Waals surface area (Å²) in [6.07, 6.45) is 5.82. The van der Waals surface area contributed by atoms with E-state index in [0.717, 1.165) is 24.0 Å². The minimum absolute atomic E-state index is 0.00877. The van der Waals surface area contributed by atoms with Crippen LogP contribution in [0.1, 0.15) is 85.3 Å². The summed E-state index contributed by atoms with van der Waals surface area (Å²) >= 11 is 0. The first kappa shape index (κ1) is 47.3. The number of carbonyl (C=O) groups excluding carboxylic acids is 4. The van der Waals surface area contributed by atoms with Crippen molar-refractivity contribution in [3.8, 4) is 0 Å². The maximum atomic E-state index is 14.3. The molecule has 1 fully saturated rings. The number of carbonyl (C=O) groups is 4. The third-order valence-corrected chi connectivity index (χ3v) is 11.7. The maximum Gasteiger partial charge on any atom is 0.245 e. The molecule has 1 aliphatic rings. The molecule has 2 aromatic carbocycles. The predicted octanol–water partition coefficient (Wildman–Crippen LogP) is 5.73. The Bertz CT molecular complexity index is 1570. The molecule has 11 heteroatoms. The molecule has 4 amide bonds. The SMILES string of the molecule is CC[C@H](C)[C@@H]([C@@H](CC(=O)N1CCC[C@H]1[C@H](OC)[C@@H](C)C(=O)NC(/C=C/c1ccccc1)Cc1ccccc1)OC)N(C)C(=O)[C@@H](NC(=O)[C@@H](NC)C(C)C)C(C)C. The first-order valence-electron chi connectivity index (χ1n) is 20.9. The summed E-state index contributed by atoms with van der Waals surface area (Å²) in [5.74, 6) is -1.39. The second kappa shape index (κ2) is 23.4. The third kappa shape index (κ3) is 13.2. The van der Waals surface area contributed by atoms with E-state index in [1.165, 1.54) is 0 Å². The summed E-state index contributed by atoms with van der Waals surface area (Å²) in [5, 5.41) is 9.33. The first-order valence-corrected chi connectivity index (χ1v) is 20.9. The van der Waals surface area contributed by atoms with E-state index in [2.05, 4.69) is 41.9 Å². The van der Waals surface area contributed by atoms with Gasteiger partial charge in [0.1, 0.15) is 6.04 Å². The Morgan fingerprint density at radius 1 is 0.860 bits per heavy atom. The number of nitrogens with one attached hydrogen (secondary N) is 3. The van der Waals surface area contributed by atoms with Gasteiger partial charge in [-0.05, 0) is 55.2 Å². The number of benzene rings is 2. The van der Waals surface area contributed by atoms with Crippen LogP contribution >= 0.6 is 0 Å². The molecule has 1 unspecified atom stereocenters. The Morgan fingerprint density at radius 3 is 2.02 bits per heavy atom. The van der Waals surface area contributed by atoms with Crippen molar-refractivity contribution in [1.82, 2.24) is 25.8 Å². The molecule has 0 radical (unpaired) electrons. The fourth-order valence-corrected chi connectivity index (χ4v) is 8.19. The van der Waals surface area contributed by atoms with E-state index in [9.17, 15) is 19.2 Å². The molecule has 0 bridgehead atoms. The fraction of sp³-hybridized carbons (Fsp3) is 0.609. The number of methoxy groups -OCH3 is 2. The second-order valence-corrected chi connectivity index (χ2v) is 16.4. The first-order chi connectivity index (χ1) is 27.2. The molecule has 1 saturated heterocycles. The van der Waals surface area contributed by atoms with Crippen LogP contribution in [0.3, 0.4) is 0 Å². The van der Waals surface area contributed by atoms with Crippen LogP contribution < -0.4 is 16.0 Å². The van der Waals surface area contributed by atoms with Gasteiger partial charge in [0.15, 0.2) is 0 Å². The van der Waals surface area contributed by atoms with E-state index in [-0.39, 0.29) is 59.9 Å². The van der Waals surface area contributed by atoms with Crippen molar-refractivity contribution in [3.63, 3.8) is 0 Å². The predicted molar refractivity (Wildman–Crippen MR) is 228 cm³/mol. The van der Waals surface area contributed by atoms with E-state index < -0.39 is 36.3 Å². The highest BCUT2D eigenvalue weighted by molar-refractivity contribution is 5.90. The molecular weight excluding hydrogens is 719 g/mol. The lowest BCUT2D eigenvalue weighted by Gasteiger charge is -2.41. The summed E-state index contributed by atoms with van der Waals surface area (Å²) in [6.45, 7) is 14.3. The molecular formula is C46H71N5O6. The fourth-order valence-electron chi connectivity index (χ4n) is 8.19. The molecule has 11 nitrogen and oxygen atoms in total. The highest BCUT2D eigenvalue weighted by atomic mass is 16.5. The average molecular weight is 790 g/mol. The monoisotopic (exact) mass is 790 g/mol. The van der Waals surface area contributed by atoms with Gasteiger partial charge >= 0.3 is 0 Å². The molecule has 316 valence electrons. The van der Waals surface area contributed by atoms with Crippen LogP contribution in [0.15, 0.2) is 66.7 Å². The van der Waals surface area contributed by atoms with Gasteiger partial charge in [0.2, 0.25) is 23.6 Å². The van der Waals surface area contributed by atoms with Crippen molar-refractivity contribution in [3.05, 3.63) is 77.9 Å². The van der Waals surface area contributed by atoms with Gasteiger partial charge < -0.3 is 35.2 Å². The van der Waals surface area contributed by atoms with Gasteiger partial charge in [-0.2, -0.15) is 0 Å². The van der Waals surface area contributed by atoms with Gasteiger partial charge in [-0.3, -0.25) is 19.2 Å². The molecule has 1 aliphatic heterocycles. The molecule has 0 aliphatic carbocycles. The summed E-state index contributed by atoms with van der Waals surface area (Å²) in [5.41, 5.74) is 2.15. The minimum atomic E-state index is -0.754. The van der Waals surface area contributed by atoms with Crippen LogP contribution in [0.2, 0.25) is 0 Å². The third-order valence-electron chi connectivity index (χ3n) is 11.7. The summed E-state index contributed by atoms with van der Waals surface area (Å²) in [6, 6.07) is 17.9. The molecule has 0 saturated carbocycles. The molecule has 3 N–H and O–H groups in total. The van der Waals surface area contributed by atoms with E-state index in [0.29, 0.717) is 19.4 Å². The Balaban J connectivity index is 1.79. The second-order valence-electron chi connectivity index (χ2n) is 16.4. The lowest BCUT2D eigenvalue weighted by Crippen LogP contribution is -2.59. The normalized spacial score (nSPS) is 18.8. The van der Waals surface area contributed by atoms with Crippen molar-refractivity contribution >= 4 is 29.7 Å². The van der Waals surface area contributed by atoms with Crippen molar-refractivity contribution in [2.75, 3.05) is 34.9 Å². The number of likely N-dealkylation sites (tertiary alicyclic amines) is 1. The van der Waals surface area contributed by atoms with Crippen LogP contribution in [-0.2, 0) is 35.1 Å². The van der Waals surface area contributed by atoms with Gasteiger partial charge in [0, 0.05) is 27.8 Å². The topological polar surface area (TPSA) is 129 Å². The van der Waals surface area contributed by atoms with Gasteiger partial charge in [0.25, 0.3) is 0 Å². The molecule has 0 aromatic heterocycles. The van der Waals surface area contributed by atoms with Crippen molar-refractivity contribution in [1.29, 1.82) is 0 Å². The van der Waals surface area contributed by atoms with Gasteiger partial charge in [-0.1, -0.05) is 128 Å². The van der Waals surface area contributed by atoms with Crippen molar-refractivity contribution in [2.45, 2.75) is 123 Å². The van der Waals surface area contributed by atoms with Gasteiger partial charge in [0.05, 0.1) is 48.7 Å². The molecule has 2 aromatic rings. The molecule has 1 heterocycles. The van der Waals surface area contributed by atoms with Crippen molar-refractivity contribution in [2.24, 2.45) is 23.7 Å². The zero-order valence-corrected chi connectivity index (χ0v) is 36.4. The Hall–Kier alpha value is -4.06. The van der Waals surface area contributed by atoms with Crippen molar-refractivity contribution < 1.29 is 28.7 Å².